The summed E-state index contributed by atoms with van der Waals surface area (Å²) in [6, 6.07) is 10.2. The van der Waals surface area contributed by atoms with E-state index < -0.39 is 0 Å². The maximum Gasteiger partial charge on any atom is 0.0353 e. The van der Waals surface area contributed by atoms with Gasteiger partial charge >= 0.3 is 0 Å². The fourth-order valence-corrected chi connectivity index (χ4v) is 2.16. The summed E-state index contributed by atoms with van der Waals surface area (Å²) in [7, 11) is 0. The molecule has 0 aliphatic carbocycles. The van der Waals surface area contributed by atoms with Gasteiger partial charge < -0.3 is 11.5 Å². The summed E-state index contributed by atoms with van der Waals surface area (Å²) in [5.74, 6) is 0. The van der Waals surface area contributed by atoms with Gasteiger partial charge in [0.1, 0.15) is 0 Å². The number of rotatable bonds is 4. The van der Waals surface area contributed by atoms with Crippen molar-refractivity contribution in [3.63, 3.8) is 0 Å². The van der Waals surface area contributed by atoms with Crippen LogP contribution in [0.4, 0.5) is 11.4 Å². The van der Waals surface area contributed by atoms with E-state index in [1.807, 2.05) is 18.2 Å². The van der Waals surface area contributed by atoms with E-state index in [0.29, 0.717) is 0 Å². The number of nitrogens with two attached hydrogens (primary N) is 2. The lowest BCUT2D eigenvalue weighted by Crippen LogP contribution is -1.95. The molecule has 0 amide bonds. The molecule has 0 spiro atoms. The average molecular weight is 228 g/mol. The molecule has 2 rings (SSSR count). The molecule has 0 heterocycles. The zero-order valence-electron chi connectivity index (χ0n) is 10.4. The van der Waals surface area contributed by atoms with Crippen LogP contribution in [-0.4, -0.2) is 0 Å². The molecule has 90 valence electrons. The van der Waals surface area contributed by atoms with Crippen LogP contribution in [0, 0.1) is 0 Å². The van der Waals surface area contributed by atoms with Crippen LogP contribution < -0.4 is 11.5 Å². The summed E-state index contributed by atoms with van der Waals surface area (Å²) in [6.07, 6.45) is 4.78. The van der Waals surface area contributed by atoms with Crippen LogP contribution in [0.2, 0.25) is 0 Å². The summed E-state index contributed by atoms with van der Waals surface area (Å²) < 4.78 is 0. The molecular formula is C15H20N2. The minimum Gasteiger partial charge on any atom is -0.399 e. The largest absolute Gasteiger partial charge is 0.399 e. The van der Waals surface area contributed by atoms with Crippen molar-refractivity contribution in [3.8, 4) is 0 Å². The summed E-state index contributed by atoms with van der Waals surface area (Å²) in [5.41, 5.74) is 14.8. The van der Waals surface area contributed by atoms with Gasteiger partial charge in [-0.15, -0.1) is 0 Å². The van der Waals surface area contributed by atoms with Crippen molar-refractivity contribution in [1.82, 2.24) is 0 Å². The summed E-state index contributed by atoms with van der Waals surface area (Å²) in [6.45, 7) is 2.21. The van der Waals surface area contributed by atoms with Crippen LogP contribution >= 0.6 is 0 Å². The molecular weight excluding hydrogens is 208 g/mol. The summed E-state index contributed by atoms with van der Waals surface area (Å²) >= 11 is 0. The van der Waals surface area contributed by atoms with E-state index in [4.69, 9.17) is 11.5 Å². The fourth-order valence-electron chi connectivity index (χ4n) is 2.16. The highest BCUT2D eigenvalue weighted by Gasteiger charge is 2.02. The van der Waals surface area contributed by atoms with E-state index in [9.17, 15) is 0 Å². The van der Waals surface area contributed by atoms with Gasteiger partial charge in [0.15, 0.2) is 0 Å². The zero-order valence-corrected chi connectivity index (χ0v) is 10.4. The Morgan fingerprint density at radius 3 is 2.53 bits per heavy atom. The Balaban J connectivity index is 2.31. The first kappa shape index (κ1) is 11.8. The van der Waals surface area contributed by atoms with Crippen molar-refractivity contribution in [2.45, 2.75) is 32.6 Å². The van der Waals surface area contributed by atoms with Gasteiger partial charge in [-0.2, -0.15) is 0 Å². The molecule has 2 heteroatoms. The Labute approximate surface area is 103 Å². The molecule has 0 unspecified atom stereocenters. The highest BCUT2D eigenvalue weighted by atomic mass is 14.6. The van der Waals surface area contributed by atoms with Gasteiger partial charge in [0.25, 0.3) is 0 Å². The molecule has 0 bridgehead atoms. The molecule has 0 aliphatic rings. The van der Waals surface area contributed by atoms with Gasteiger partial charge in [-0.25, -0.2) is 0 Å². The predicted octanol–water partition coefficient (Wildman–Crippen LogP) is 3.74. The minimum absolute atomic E-state index is 0.788. The summed E-state index contributed by atoms with van der Waals surface area (Å²) in [5, 5.41) is 2.35. The number of hydrogen-bond donors (Lipinski definition) is 2. The first-order chi connectivity index (χ1) is 8.20. The van der Waals surface area contributed by atoms with Crippen LogP contribution in [0.15, 0.2) is 30.3 Å². The molecule has 17 heavy (non-hydrogen) atoms. The topological polar surface area (TPSA) is 52.0 Å². The van der Waals surface area contributed by atoms with Crippen molar-refractivity contribution in [2.24, 2.45) is 0 Å². The van der Waals surface area contributed by atoms with Crippen LogP contribution in [0.25, 0.3) is 10.8 Å². The van der Waals surface area contributed by atoms with E-state index >= 15 is 0 Å². The molecule has 2 aromatic carbocycles. The first-order valence-electron chi connectivity index (χ1n) is 6.28. The molecule has 0 atom stereocenters. The smallest absolute Gasteiger partial charge is 0.0353 e. The first-order valence-corrected chi connectivity index (χ1v) is 6.28. The van der Waals surface area contributed by atoms with E-state index in [0.717, 1.165) is 23.2 Å². The van der Waals surface area contributed by atoms with Crippen LogP contribution in [0.5, 0.6) is 0 Å². The Bertz CT molecular complexity index is 518. The van der Waals surface area contributed by atoms with Crippen molar-refractivity contribution >= 4 is 22.1 Å². The number of anilines is 2. The minimum atomic E-state index is 0.788. The third kappa shape index (κ3) is 2.70. The third-order valence-electron chi connectivity index (χ3n) is 3.17. The van der Waals surface area contributed by atoms with Crippen LogP contribution in [0.3, 0.4) is 0 Å². The Morgan fingerprint density at radius 2 is 1.76 bits per heavy atom. The maximum atomic E-state index is 6.08. The second-order valence-corrected chi connectivity index (χ2v) is 4.61. The lowest BCUT2D eigenvalue weighted by Gasteiger charge is -2.08. The normalized spacial score (nSPS) is 10.9. The van der Waals surface area contributed by atoms with Gasteiger partial charge in [0, 0.05) is 11.4 Å². The highest BCUT2D eigenvalue weighted by molar-refractivity contribution is 5.89. The van der Waals surface area contributed by atoms with Crippen molar-refractivity contribution in [2.75, 3.05) is 11.5 Å². The van der Waals surface area contributed by atoms with E-state index in [-0.39, 0.29) is 0 Å². The second kappa shape index (κ2) is 5.09. The number of fused-ring (bicyclic) bond motifs is 1. The lowest BCUT2D eigenvalue weighted by molar-refractivity contribution is 0.718. The molecule has 0 saturated heterocycles. The SMILES string of the molecule is CCCCCc1cc2ccc(N)cc2cc1N. The van der Waals surface area contributed by atoms with Gasteiger partial charge in [0.05, 0.1) is 0 Å². The zero-order chi connectivity index (χ0) is 12.3. The van der Waals surface area contributed by atoms with E-state index in [2.05, 4.69) is 19.1 Å². The summed E-state index contributed by atoms with van der Waals surface area (Å²) in [4.78, 5) is 0. The quantitative estimate of drug-likeness (QED) is 0.618. The Morgan fingerprint density at radius 1 is 0.941 bits per heavy atom. The van der Waals surface area contributed by atoms with Crippen molar-refractivity contribution in [3.05, 3.63) is 35.9 Å². The second-order valence-electron chi connectivity index (χ2n) is 4.61. The monoisotopic (exact) mass is 228 g/mol. The van der Waals surface area contributed by atoms with Crippen molar-refractivity contribution < 1.29 is 0 Å². The van der Waals surface area contributed by atoms with E-state index in [1.165, 1.54) is 30.2 Å². The molecule has 2 nitrogen and oxygen atoms in total. The number of unbranched alkanes of at least 4 members (excludes halogenated alkanes) is 2. The standard InChI is InChI=1S/C15H20N2/c1-2-3-4-5-12-8-11-6-7-14(16)9-13(11)10-15(12)17/h6-10H,2-5,16-17H2,1H3. The van der Waals surface area contributed by atoms with Crippen LogP contribution in [-0.2, 0) is 6.42 Å². The number of benzene rings is 2. The highest BCUT2D eigenvalue weighted by Crippen LogP contribution is 2.25. The maximum absolute atomic E-state index is 6.08. The molecule has 0 radical (unpaired) electrons. The predicted molar refractivity (Wildman–Crippen MR) is 76.0 cm³/mol. The number of hydrogen-bond acceptors (Lipinski definition) is 2. The number of nitrogen functional groups attached to an aromatic ring is 2. The van der Waals surface area contributed by atoms with Gasteiger partial charge in [-0.3, -0.25) is 0 Å². The Kier molecular flexibility index (Phi) is 3.52. The molecule has 0 fully saturated rings. The van der Waals surface area contributed by atoms with E-state index in [1.54, 1.807) is 0 Å². The van der Waals surface area contributed by atoms with Crippen molar-refractivity contribution in [1.29, 1.82) is 0 Å². The Hall–Kier alpha value is -1.70. The molecule has 2 aromatic rings. The molecule has 0 aliphatic heterocycles. The third-order valence-corrected chi connectivity index (χ3v) is 3.17. The lowest BCUT2D eigenvalue weighted by atomic mass is 10.0. The van der Waals surface area contributed by atoms with Gasteiger partial charge in [0.2, 0.25) is 0 Å². The van der Waals surface area contributed by atoms with Gasteiger partial charge in [-0.1, -0.05) is 25.8 Å². The van der Waals surface area contributed by atoms with Crippen LogP contribution in [0.1, 0.15) is 31.7 Å². The average Bonchev–Trinajstić information content (AvgIpc) is 2.30. The fraction of sp³-hybridized carbons (Fsp3) is 0.333. The molecule has 4 N–H and O–H groups in total. The van der Waals surface area contributed by atoms with Gasteiger partial charge in [-0.05, 0) is 53.4 Å². The molecule has 0 aromatic heterocycles. The number of aryl methyl sites for hydroxylation is 1. The molecule has 0 saturated carbocycles.